The van der Waals surface area contributed by atoms with E-state index >= 15 is 0 Å². The van der Waals surface area contributed by atoms with Crippen LogP contribution >= 0.6 is 11.6 Å². The van der Waals surface area contributed by atoms with Gasteiger partial charge in [0, 0.05) is 62.1 Å². The molecule has 1 saturated heterocycles. The van der Waals surface area contributed by atoms with Gasteiger partial charge in [0.15, 0.2) is 0 Å². The van der Waals surface area contributed by atoms with E-state index in [1.54, 1.807) is 16.3 Å². The van der Waals surface area contributed by atoms with Crippen LogP contribution in [0, 0.1) is 11.8 Å². The molecule has 0 amide bonds. The van der Waals surface area contributed by atoms with Gasteiger partial charge >= 0.3 is 0 Å². The summed E-state index contributed by atoms with van der Waals surface area (Å²) in [6, 6.07) is 4.10. The number of nitrogens with one attached hydrogen (secondary N) is 1. The van der Waals surface area contributed by atoms with Crippen molar-refractivity contribution >= 4 is 39.5 Å². The number of fused-ring (bicyclic) bond motifs is 4. The summed E-state index contributed by atoms with van der Waals surface area (Å²) >= 11 is 6.73. The lowest BCUT2D eigenvalue weighted by Gasteiger charge is -2.37. The Hall–Kier alpha value is -2.84. The predicted octanol–water partition coefficient (Wildman–Crippen LogP) is 2.64. The fourth-order valence-corrected chi connectivity index (χ4v) is 5.77. The SMILES string of the molecule is Cn1cc2c(Cl)c(-c3c[nH]c4nc(N5CC6CCC(C5)C6N)n(C)c(=O)c34)ccc2n1. The summed E-state index contributed by atoms with van der Waals surface area (Å²) in [5.41, 5.74) is 9.24. The quantitative estimate of drug-likeness (QED) is 0.502. The van der Waals surface area contributed by atoms with Crippen LogP contribution in [0.4, 0.5) is 5.95 Å². The number of nitrogens with zero attached hydrogens (tertiary/aromatic N) is 5. The highest BCUT2D eigenvalue weighted by molar-refractivity contribution is 6.38. The van der Waals surface area contributed by atoms with E-state index in [1.807, 2.05) is 31.6 Å². The van der Waals surface area contributed by atoms with Crippen LogP contribution in [0.15, 0.2) is 29.3 Å². The number of anilines is 1. The van der Waals surface area contributed by atoms with Gasteiger partial charge in [0.2, 0.25) is 5.95 Å². The number of aryl methyl sites for hydroxylation is 1. The highest BCUT2D eigenvalue weighted by atomic mass is 35.5. The zero-order valence-corrected chi connectivity index (χ0v) is 18.2. The number of nitrogens with two attached hydrogens (primary N) is 1. The molecule has 8 nitrogen and oxygen atoms in total. The number of aromatic nitrogens is 5. The van der Waals surface area contributed by atoms with Gasteiger partial charge in [0.1, 0.15) is 5.65 Å². The number of hydrogen-bond donors (Lipinski definition) is 2. The summed E-state index contributed by atoms with van der Waals surface area (Å²) in [7, 11) is 3.66. The Morgan fingerprint density at radius 3 is 2.65 bits per heavy atom. The maximum absolute atomic E-state index is 13.5. The molecule has 3 N–H and O–H groups in total. The highest BCUT2D eigenvalue weighted by Crippen LogP contribution is 2.38. The van der Waals surface area contributed by atoms with Crippen molar-refractivity contribution in [3.05, 3.63) is 39.9 Å². The van der Waals surface area contributed by atoms with E-state index in [0.29, 0.717) is 33.8 Å². The third kappa shape index (κ3) is 2.68. The van der Waals surface area contributed by atoms with Crippen LogP contribution in [-0.4, -0.2) is 43.4 Å². The minimum atomic E-state index is -0.0826. The van der Waals surface area contributed by atoms with Gasteiger partial charge in [-0.3, -0.25) is 14.0 Å². The lowest BCUT2D eigenvalue weighted by Crippen LogP contribution is -2.50. The van der Waals surface area contributed by atoms with E-state index in [0.717, 1.165) is 48.0 Å². The lowest BCUT2D eigenvalue weighted by atomic mass is 9.93. The Balaban J connectivity index is 1.48. The third-order valence-corrected chi connectivity index (χ3v) is 7.51. The van der Waals surface area contributed by atoms with Gasteiger partial charge in [-0.2, -0.15) is 10.1 Å². The van der Waals surface area contributed by atoms with Crippen LogP contribution in [0.25, 0.3) is 33.1 Å². The first-order chi connectivity index (χ1) is 14.9. The molecule has 9 heteroatoms. The molecule has 1 aliphatic carbocycles. The van der Waals surface area contributed by atoms with Gasteiger partial charge in [-0.15, -0.1) is 0 Å². The van der Waals surface area contributed by atoms with Gasteiger partial charge < -0.3 is 15.6 Å². The largest absolute Gasteiger partial charge is 0.345 e. The number of benzene rings is 1. The fourth-order valence-electron chi connectivity index (χ4n) is 5.46. The molecule has 0 spiro atoms. The van der Waals surface area contributed by atoms with Crippen molar-refractivity contribution in [3.8, 4) is 11.1 Å². The molecule has 2 bridgehead atoms. The average Bonchev–Trinajstić information content (AvgIpc) is 3.38. The lowest BCUT2D eigenvalue weighted by molar-refractivity contribution is 0.351. The molecule has 1 saturated carbocycles. The van der Waals surface area contributed by atoms with E-state index in [1.165, 1.54) is 0 Å². The molecular weight excluding hydrogens is 414 g/mol. The van der Waals surface area contributed by atoms with E-state index in [2.05, 4.69) is 15.0 Å². The molecule has 4 aromatic rings. The molecule has 0 radical (unpaired) electrons. The Bertz CT molecular complexity index is 1390. The molecule has 3 aromatic heterocycles. The van der Waals surface area contributed by atoms with Crippen LogP contribution in [0.1, 0.15) is 12.8 Å². The monoisotopic (exact) mass is 437 g/mol. The summed E-state index contributed by atoms with van der Waals surface area (Å²) in [5, 5.41) is 6.40. The highest BCUT2D eigenvalue weighted by Gasteiger charge is 2.40. The Labute approximate surface area is 183 Å². The summed E-state index contributed by atoms with van der Waals surface area (Å²) in [6.07, 6.45) is 6.02. The number of H-pyrrole nitrogens is 1. The molecule has 2 atom stereocenters. The molecule has 4 heterocycles. The Morgan fingerprint density at radius 2 is 1.90 bits per heavy atom. The molecular formula is C22H24ClN7O. The van der Waals surface area contributed by atoms with Gasteiger partial charge in [0.05, 0.1) is 15.9 Å². The van der Waals surface area contributed by atoms with Crippen molar-refractivity contribution in [3.63, 3.8) is 0 Å². The molecule has 160 valence electrons. The molecule has 2 unspecified atom stereocenters. The Kier molecular flexibility index (Phi) is 4.01. The summed E-state index contributed by atoms with van der Waals surface area (Å²) in [5.74, 6) is 1.63. The van der Waals surface area contributed by atoms with Crippen LogP contribution in [0.3, 0.4) is 0 Å². The number of hydrogen-bond acceptors (Lipinski definition) is 5. The van der Waals surface area contributed by atoms with Crippen molar-refractivity contribution in [2.45, 2.75) is 18.9 Å². The fraction of sp³-hybridized carbons (Fsp3) is 0.409. The first-order valence-electron chi connectivity index (χ1n) is 10.6. The number of rotatable bonds is 2. The molecule has 6 rings (SSSR count). The number of aromatic amines is 1. The van der Waals surface area contributed by atoms with Crippen LogP contribution in [-0.2, 0) is 14.1 Å². The first-order valence-corrected chi connectivity index (χ1v) is 11.0. The second-order valence-electron chi connectivity index (χ2n) is 8.94. The predicted molar refractivity (Wildman–Crippen MR) is 122 cm³/mol. The zero-order valence-electron chi connectivity index (χ0n) is 17.5. The first kappa shape index (κ1) is 18.9. The molecule has 1 aliphatic heterocycles. The molecule has 2 fully saturated rings. The van der Waals surface area contributed by atoms with Crippen molar-refractivity contribution in [2.75, 3.05) is 18.0 Å². The zero-order chi connectivity index (χ0) is 21.4. The van der Waals surface area contributed by atoms with Crippen LogP contribution < -0.4 is 16.2 Å². The topological polar surface area (TPSA) is 97.8 Å². The van der Waals surface area contributed by atoms with Crippen LogP contribution in [0.2, 0.25) is 5.02 Å². The molecule has 31 heavy (non-hydrogen) atoms. The molecule has 2 aliphatic rings. The summed E-state index contributed by atoms with van der Waals surface area (Å²) < 4.78 is 3.40. The smallest absolute Gasteiger partial charge is 0.264 e. The minimum Gasteiger partial charge on any atom is -0.345 e. The van der Waals surface area contributed by atoms with Gasteiger partial charge in [-0.05, 0) is 30.7 Å². The molecule has 1 aromatic carbocycles. The summed E-state index contributed by atoms with van der Waals surface area (Å²) in [4.78, 5) is 23.7. The van der Waals surface area contributed by atoms with E-state index in [-0.39, 0.29) is 11.6 Å². The second-order valence-corrected chi connectivity index (χ2v) is 9.32. The van der Waals surface area contributed by atoms with Crippen molar-refractivity contribution < 1.29 is 0 Å². The van der Waals surface area contributed by atoms with Crippen molar-refractivity contribution in [1.29, 1.82) is 0 Å². The maximum Gasteiger partial charge on any atom is 0.264 e. The third-order valence-electron chi connectivity index (χ3n) is 7.11. The maximum atomic E-state index is 13.5. The van der Waals surface area contributed by atoms with Gasteiger partial charge in [-0.25, -0.2) is 0 Å². The normalized spacial score (nSPS) is 23.4. The standard InChI is InChI=1S/C22H24ClN7O/c1-28-10-15-16(27-28)6-5-13(18(15)23)14-7-25-20-17(14)21(31)29(2)22(26-20)30-8-11-3-4-12(9-30)19(11)24/h5-7,10-12,19,25H,3-4,8-9,24H2,1-2H3. The number of piperidine rings is 1. The van der Waals surface area contributed by atoms with Crippen molar-refractivity contribution in [1.82, 2.24) is 24.3 Å². The van der Waals surface area contributed by atoms with Gasteiger partial charge in [-0.1, -0.05) is 17.7 Å². The minimum absolute atomic E-state index is 0.0826. The van der Waals surface area contributed by atoms with Gasteiger partial charge in [0.25, 0.3) is 5.56 Å². The summed E-state index contributed by atoms with van der Waals surface area (Å²) in [6.45, 7) is 1.70. The number of halogens is 1. The average molecular weight is 438 g/mol. The van der Waals surface area contributed by atoms with Crippen LogP contribution in [0.5, 0.6) is 0 Å². The van der Waals surface area contributed by atoms with E-state index in [9.17, 15) is 4.79 Å². The van der Waals surface area contributed by atoms with E-state index in [4.69, 9.17) is 22.3 Å². The Morgan fingerprint density at radius 1 is 1.16 bits per heavy atom. The second kappa shape index (κ2) is 6.58. The van der Waals surface area contributed by atoms with Crippen molar-refractivity contribution in [2.24, 2.45) is 31.7 Å². The van der Waals surface area contributed by atoms with E-state index < -0.39 is 0 Å².